The molecule has 0 aliphatic rings. The first kappa shape index (κ1) is 14.0. The molecule has 1 aromatic carbocycles. The number of aromatic nitrogens is 1. The van der Waals surface area contributed by atoms with Gasteiger partial charge in [0.1, 0.15) is 0 Å². The number of anilines is 1. The number of hydrogen-bond acceptors (Lipinski definition) is 3. The minimum Gasteiger partial charge on any atom is -0.398 e. The summed E-state index contributed by atoms with van der Waals surface area (Å²) in [6.45, 7) is 5.88. The van der Waals surface area contributed by atoms with Crippen LogP contribution in [0.4, 0.5) is 5.69 Å². The zero-order chi connectivity index (χ0) is 14.2. The molecule has 0 spiro atoms. The Hall–Kier alpha value is -1.39. The maximum Gasteiger partial charge on any atom is 0.0512 e. The van der Waals surface area contributed by atoms with Gasteiger partial charge in [0.25, 0.3) is 0 Å². The van der Waals surface area contributed by atoms with Crippen LogP contribution in [0.15, 0.2) is 35.4 Å². The van der Waals surface area contributed by atoms with Crippen molar-refractivity contribution >= 4 is 28.4 Å². The van der Waals surface area contributed by atoms with Crippen LogP contribution in [0.3, 0.4) is 0 Å². The molecule has 4 heteroatoms. The second-order valence-corrected chi connectivity index (χ2v) is 5.91. The number of nitrogens with zero attached hydrogens (tertiary/aromatic N) is 1. The average molecular weight is 275 g/mol. The van der Waals surface area contributed by atoms with Crippen molar-refractivity contribution in [3.05, 3.63) is 36.0 Å². The zero-order valence-corrected chi connectivity index (χ0v) is 12.6. The number of benzene rings is 1. The van der Waals surface area contributed by atoms with Crippen LogP contribution in [0, 0.1) is 0 Å². The van der Waals surface area contributed by atoms with E-state index >= 15 is 0 Å². The molecule has 0 radical (unpaired) electrons. The second-order valence-electron chi connectivity index (χ2n) is 5.03. The van der Waals surface area contributed by atoms with Crippen LogP contribution in [0.2, 0.25) is 0 Å². The van der Waals surface area contributed by atoms with Gasteiger partial charge in [-0.1, -0.05) is 12.2 Å². The van der Waals surface area contributed by atoms with Gasteiger partial charge >= 0.3 is 0 Å². The lowest BCUT2D eigenvalue weighted by atomic mass is 10.0. The van der Waals surface area contributed by atoms with E-state index in [-0.39, 0.29) is 6.04 Å². The van der Waals surface area contributed by atoms with E-state index in [4.69, 9.17) is 11.5 Å². The van der Waals surface area contributed by atoms with Crippen LogP contribution >= 0.6 is 11.8 Å². The van der Waals surface area contributed by atoms with Crippen molar-refractivity contribution in [2.75, 3.05) is 12.0 Å². The van der Waals surface area contributed by atoms with Crippen molar-refractivity contribution < 1.29 is 0 Å². The lowest BCUT2D eigenvalue weighted by Gasteiger charge is -2.11. The van der Waals surface area contributed by atoms with E-state index in [1.807, 2.05) is 20.0 Å². The van der Waals surface area contributed by atoms with E-state index in [1.165, 1.54) is 10.5 Å². The number of aryl methyl sites for hydroxylation is 1. The van der Waals surface area contributed by atoms with Gasteiger partial charge in [-0.3, -0.25) is 0 Å². The third-order valence-electron chi connectivity index (χ3n) is 3.48. The van der Waals surface area contributed by atoms with Crippen LogP contribution in [0.1, 0.15) is 12.5 Å². The molecule has 0 aliphatic carbocycles. The number of nitrogens with two attached hydrogens (primary N) is 2. The average Bonchev–Trinajstić information content (AvgIpc) is 2.66. The Morgan fingerprint density at radius 1 is 1.47 bits per heavy atom. The lowest BCUT2D eigenvalue weighted by molar-refractivity contribution is 0.767. The third kappa shape index (κ3) is 2.65. The quantitative estimate of drug-likeness (QED) is 0.512. The molecule has 4 N–H and O–H groups in total. The number of hydrogen-bond donors (Lipinski definition) is 2. The molecule has 1 atom stereocenters. The summed E-state index contributed by atoms with van der Waals surface area (Å²) in [5.41, 5.74) is 16.5. The fraction of sp³-hybridized carbons (Fsp3) is 0.333. The summed E-state index contributed by atoms with van der Waals surface area (Å²) in [7, 11) is 2.04. The lowest BCUT2D eigenvalue weighted by Crippen LogP contribution is -2.23. The molecule has 0 saturated heterocycles. The van der Waals surface area contributed by atoms with Gasteiger partial charge in [0.15, 0.2) is 0 Å². The summed E-state index contributed by atoms with van der Waals surface area (Å²) >= 11 is 1.70. The highest BCUT2D eigenvalue weighted by molar-refractivity contribution is 7.98. The molecule has 1 heterocycles. The van der Waals surface area contributed by atoms with Gasteiger partial charge in [0.2, 0.25) is 0 Å². The Morgan fingerprint density at radius 3 is 2.74 bits per heavy atom. The van der Waals surface area contributed by atoms with Gasteiger partial charge in [-0.2, -0.15) is 0 Å². The predicted molar refractivity (Wildman–Crippen MR) is 85.6 cm³/mol. The summed E-state index contributed by atoms with van der Waals surface area (Å²) < 4.78 is 2.12. The molecule has 102 valence electrons. The normalized spacial score (nSPS) is 12.8. The van der Waals surface area contributed by atoms with Crippen molar-refractivity contribution in [1.29, 1.82) is 0 Å². The molecular formula is C15H21N3S. The molecule has 2 aromatic rings. The van der Waals surface area contributed by atoms with E-state index in [2.05, 4.69) is 29.7 Å². The van der Waals surface area contributed by atoms with E-state index < -0.39 is 0 Å². The first-order valence-corrected chi connectivity index (χ1v) is 7.49. The van der Waals surface area contributed by atoms with Gasteiger partial charge in [0.05, 0.1) is 5.52 Å². The highest BCUT2D eigenvalue weighted by Crippen LogP contribution is 2.32. The van der Waals surface area contributed by atoms with Crippen molar-refractivity contribution in [1.82, 2.24) is 4.57 Å². The van der Waals surface area contributed by atoms with Crippen molar-refractivity contribution in [2.45, 2.75) is 24.3 Å². The van der Waals surface area contributed by atoms with Gasteiger partial charge < -0.3 is 16.0 Å². The summed E-state index contributed by atoms with van der Waals surface area (Å²) in [4.78, 5) is 1.18. The molecule has 1 aromatic heterocycles. The highest BCUT2D eigenvalue weighted by atomic mass is 32.2. The third-order valence-corrected chi connectivity index (χ3v) is 4.19. The molecule has 3 nitrogen and oxygen atoms in total. The summed E-state index contributed by atoms with van der Waals surface area (Å²) in [5, 5.41) is 1.12. The number of nitrogen functional groups attached to an aromatic ring is 1. The van der Waals surface area contributed by atoms with Crippen LogP contribution in [0.5, 0.6) is 0 Å². The van der Waals surface area contributed by atoms with Gasteiger partial charge in [-0.15, -0.1) is 11.8 Å². The minimum atomic E-state index is -0.0229. The Morgan fingerprint density at radius 2 is 2.16 bits per heavy atom. The van der Waals surface area contributed by atoms with Gasteiger partial charge in [0, 0.05) is 35.3 Å². The monoisotopic (exact) mass is 275 g/mol. The van der Waals surface area contributed by atoms with Gasteiger partial charge in [-0.25, -0.2) is 0 Å². The Bertz CT molecular complexity index is 628. The van der Waals surface area contributed by atoms with E-state index in [1.54, 1.807) is 11.8 Å². The van der Waals surface area contributed by atoms with E-state index in [0.29, 0.717) is 0 Å². The standard InChI is InChI=1S/C15H21N3S/c1-9(2)12(16)5-10-8-18(3)14-7-11(19-4)6-13(17)15(10)14/h6-8,12H,1,5,16-17H2,2-4H3. The van der Waals surface area contributed by atoms with Crippen LogP contribution < -0.4 is 11.5 Å². The summed E-state index contributed by atoms with van der Waals surface area (Å²) in [5.74, 6) is 0. The van der Waals surface area contributed by atoms with Crippen LogP contribution in [0.25, 0.3) is 10.9 Å². The first-order chi connectivity index (χ1) is 8.93. The summed E-state index contributed by atoms with van der Waals surface area (Å²) in [6.07, 6.45) is 4.95. The molecule has 0 saturated carbocycles. The van der Waals surface area contributed by atoms with Crippen molar-refractivity contribution in [2.24, 2.45) is 12.8 Å². The summed E-state index contributed by atoms with van der Waals surface area (Å²) in [6, 6.07) is 4.18. The second kappa shape index (κ2) is 5.31. The Kier molecular flexibility index (Phi) is 3.92. The molecule has 1 unspecified atom stereocenters. The molecule has 0 aliphatic heterocycles. The number of rotatable bonds is 4. The number of thioether (sulfide) groups is 1. The molecular weight excluding hydrogens is 254 g/mol. The molecule has 0 amide bonds. The highest BCUT2D eigenvalue weighted by Gasteiger charge is 2.14. The van der Waals surface area contributed by atoms with E-state index in [0.717, 1.165) is 28.6 Å². The van der Waals surface area contributed by atoms with Crippen LogP contribution in [-0.4, -0.2) is 16.9 Å². The predicted octanol–water partition coefficient (Wildman–Crippen LogP) is 2.93. The number of fused-ring (bicyclic) bond motifs is 1. The SMILES string of the molecule is C=C(C)C(N)Cc1cn(C)c2cc(SC)cc(N)c12. The maximum atomic E-state index is 6.21. The zero-order valence-electron chi connectivity index (χ0n) is 11.7. The first-order valence-electron chi connectivity index (χ1n) is 6.26. The molecule has 0 bridgehead atoms. The molecule has 0 fully saturated rings. The van der Waals surface area contributed by atoms with Gasteiger partial charge in [-0.05, 0) is 37.3 Å². The van der Waals surface area contributed by atoms with E-state index in [9.17, 15) is 0 Å². The fourth-order valence-electron chi connectivity index (χ4n) is 2.30. The Labute approximate surface area is 118 Å². The van der Waals surface area contributed by atoms with Crippen molar-refractivity contribution in [3.8, 4) is 0 Å². The maximum absolute atomic E-state index is 6.21. The topological polar surface area (TPSA) is 57.0 Å². The molecule has 19 heavy (non-hydrogen) atoms. The van der Waals surface area contributed by atoms with Crippen LogP contribution in [-0.2, 0) is 13.5 Å². The molecule has 2 rings (SSSR count). The largest absolute Gasteiger partial charge is 0.398 e. The van der Waals surface area contributed by atoms with Crippen molar-refractivity contribution in [3.63, 3.8) is 0 Å². The smallest absolute Gasteiger partial charge is 0.0512 e. The minimum absolute atomic E-state index is 0.0229. The Balaban J connectivity index is 2.55. The fourth-order valence-corrected chi connectivity index (χ4v) is 2.78.